The zero-order valence-corrected chi connectivity index (χ0v) is 13.7. The monoisotopic (exact) mass is 323 g/mol. The number of thiophene rings is 1. The molecular weight excluding hydrogens is 306 g/mol. The van der Waals surface area contributed by atoms with Gasteiger partial charge in [-0.25, -0.2) is 0 Å². The van der Waals surface area contributed by atoms with Crippen molar-refractivity contribution < 1.29 is 0 Å². The number of hydrogen-bond acceptors (Lipinski definition) is 6. The Bertz CT molecular complexity index is 624. The third kappa shape index (κ3) is 3.44. The van der Waals surface area contributed by atoms with Gasteiger partial charge in [0.15, 0.2) is 0 Å². The highest BCUT2D eigenvalue weighted by atomic mass is 35.5. The normalized spacial score (nSPS) is 16.2. The summed E-state index contributed by atoms with van der Waals surface area (Å²) in [5.74, 6) is 1.21. The van der Waals surface area contributed by atoms with Gasteiger partial charge in [-0.2, -0.15) is 15.0 Å². The number of nitrogens with zero attached hydrogens (tertiary/aromatic N) is 4. The van der Waals surface area contributed by atoms with Gasteiger partial charge in [0.1, 0.15) is 0 Å². The van der Waals surface area contributed by atoms with Crippen LogP contribution in [0, 0.1) is 6.92 Å². The highest BCUT2D eigenvalue weighted by Gasteiger charge is 2.18. The maximum atomic E-state index is 6.04. The molecular formula is C14H18ClN5S. The van der Waals surface area contributed by atoms with Crippen molar-refractivity contribution in [2.45, 2.75) is 32.7 Å². The van der Waals surface area contributed by atoms with Gasteiger partial charge in [-0.3, -0.25) is 0 Å². The van der Waals surface area contributed by atoms with Crippen molar-refractivity contribution in [1.82, 2.24) is 15.0 Å². The fourth-order valence-electron chi connectivity index (χ4n) is 2.41. The minimum Gasteiger partial charge on any atom is -0.347 e. The zero-order chi connectivity index (χ0) is 14.8. The Morgan fingerprint density at radius 1 is 1.24 bits per heavy atom. The lowest BCUT2D eigenvalue weighted by Crippen LogP contribution is -2.21. The summed E-state index contributed by atoms with van der Waals surface area (Å²) in [6, 6.07) is 4.39. The summed E-state index contributed by atoms with van der Waals surface area (Å²) in [6.45, 7) is 6.17. The highest BCUT2D eigenvalue weighted by molar-refractivity contribution is 7.12. The summed E-state index contributed by atoms with van der Waals surface area (Å²) >= 11 is 7.81. The molecule has 1 aliphatic heterocycles. The molecule has 21 heavy (non-hydrogen) atoms. The maximum Gasteiger partial charge on any atom is 0.231 e. The van der Waals surface area contributed by atoms with E-state index in [1.165, 1.54) is 22.6 Å². The maximum absolute atomic E-state index is 6.04. The molecule has 3 rings (SSSR count). The molecule has 1 fully saturated rings. The predicted octanol–water partition coefficient (Wildman–Crippen LogP) is 3.67. The van der Waals surface area contributed by atoms with Crippen LogP contribution in [0.2, 0.25) is 5.28 Å². The Labute approximate surface area is 133 Å². The summed E-state index contributed by atoms with van der Waals surface area (Å²) < 4.78 is 0. The molecule has 0 bridgehead atoms. The molecule has 1 N–H and O–H groups in total. The van der Waals surface area contributed by atoms with Crippen molar-refractivity contribution in [2.24, 2.45) is 0 Å². The third-order valence-electron chi connectivity index (χ3n) is 3.52. The lowest BCUT2D eigenvalue weighted by atomic mass is 10.3. The van der Waals surface area contributed by atoms with Crippen LogP contribution in [0.25, 0.3) is 0 Å². The Morgan fingerprint density at radius 2 is 2.00 bits per heavy atom. The van der Waals surface area contributed by atoms with Gasteiger partial charge in [0.2, 0.25) is 17.2 Å². The van der Waals surface area contributed by atoms with Crippen molar-refractivity contribution in [3.63, 3.8) is 0 Å². The fourth-order valence-corrected chi connectivity index (χ4v) is 3.45. The van der Waals surface area contributed by atoms with Crippen LogP contribution in [0.5, 0.6) is 0 Å². The van der Waals surface area contributed by atoms with Crippen LogP contribution < -0.4 is 10.2 Å². The standard InChI is InChI=1S/C14H18ClN5S/c1-9-5-6-11(21-9)10(2)16-13-17-12(15)18-14(19-13)20-7-3-4-8-20/h5-6,10H,3-4,7-8H2,1-2H3,(H,16,17,18,19). The molecule has 0 aromatic carbocycles. The molecule has 2 aromatic heterocycles. The molecule has 1 aliphatic rings. The van der Waals surface area contributed by atoms with Crippen LogP contribution in [0.15, 0.2) is 12.1 Å². The van der Waals surface area contributed by atoms with Crippen LogP contribution in [0.3, 0.4) is 0 Å². The van der Waals surface area contributed by atoms with Crippen molar-refractivity contribution in [2.75, 3.05) is 23.3 Å². The number of aromatic nitrogens is 3. The van der Waals surface area contributed by atoms with E-state index in [0.29, 0.717) is 11.9 Å². The quantitative estimate of drug-likeness (QED) is 0.930. The number of anilines is 2. The second-order valence-corrected chi connectivity index (χ2v) is 6.89. The Hall–Kier alpha value is -1.40. The van der Waals surface area contributed by atoms with E-state index in [1.807, 2.05) is 0 Å². The first-order valence-corrected chi connectivity index (χ1v) is 8.30. The van der Waals surface area contributed by atoms with Gasteiger partial charge < -0.3 is 10.2 Å². The summed E-state index contributed by atoms with van der Waals surface area (Å²) in [6.07, 6.45) is 2.36. The molecule has 5 nitrogen and oxygen atoms in total. The van der Waals surface area contributed by atoms with Gasteiger partial charge in [0.25, 0.3) is 0 Å². The van der Waals surface area contributed by atoms with Crippen LogP contribution in [0.1, 0.15) is 35.6 Å². The number of halogens is 1. The fraction of sp³-hybridized carbons (Fsp3) is 0.500. The Balaban J connectivity index is 1.78. The van der Waals surface area contributed by atoms with E-state index in [0.717, 1.165) is 13.1 Å². The summed E-state index contributed by atoms with van der Waals surface area (Å²) in [5, 5.41) is 3.55. The lowest BCUT2D eigenvalue weighted by Gasteiger charge is -2.17. The van der Waals surface area contributed by atoms with Gasteiger partial charge >= 0.3 is 0 Å². The molecule has 1 atom stereocenters. The second-order valence-electron chi connectivity index (χ2n) is 5.24. The number of nitrogens with one attached hydrogen (secondary N) is 1. The molecule has 1 saturated heterocycles. The summed E-state index contributed by atoms with van der Waals surface area (Å²) in [7, 11) is 0. The molecule has 3 heterocycles. The van der Waals surface area contributed by atoms with Gasteiger partial charge in [-0.15, -0.1) is 11.3 Å². The van der Waals surface area contributed by atoms with Gasteiger partial charge in [-0.1, -0.05) is 0 Å². The first-order chi connectivity index (χ1) is 10.1. The number of rotatable bonds is 4. The van der Waals surface area contributed by atoms with Gasteiger partial charge in [0.05, 0.1) is 6.04 Å². The van der Waals surface area contributed by atoms with E-state index in [9.17, 15) is 0 Å². The third-order valence-corrected chi connectivity index (χ3v) is 4.87. The lowest BCUT2D eigenvalue weighted by molar-refractivity contribution is 0.844. The first-order valence-electron chi connectivity index (χ1n) is 7.11. The van der Waals surface area contributed by atoms with E-state index < -0.39 is 0 Å². The minimum atomic E-state index is 0.147. The molecule has 0 spiro atoms. The molecule has 0 amide bonds. The van der Waals surface area contributed by atoms with Gasteiger partial charge in [-0.05, 0) is 50.4 Å². The van der Waals surface area contributed by atoms with Crippen LogP contribution in [0.4, 0.5) is 11.9 Å². The SMILES string of the molecule is Cc1ccc(C(C)Nc2nc(Cl)nc(N3CCCC3)n2)s1. The van der Waals surface area contributed by atoms with Crippen LogP contribution in [-0.2, 0) is 0 Å². The number of hydrogen-bond donors (Lipinski definition) is 1. The van der Waals surface area contributed by atoms with E-state index in [-0.39, 0.29) is 11.3 Å². The van der Waals surface area contributed by atoms with E-state index in [1.54, 1.807) is 11.3 Å². The van der Waals surface area contributed by atoms with Crippen molar-refractivity contribution >= 4 is 34.8 Å². The molecule has 0 aliphatic carbocycles. The summed E-state index contributed by atoms with van der Waals surface area (Å²) in [5.41, 5.74) is 0. The van der Waals surface area contributed by atoms with Crippen LogP contribution in [-0.4, -0.2) is 28.0 Å². The topological polar surface area (TPSA) is 53.9 Å². The summed E-state index contributed by atoms with van der Waals surface area (Å²) in [4.78, 5) is 17.6. The molecule has 1 unspecified atom stereocenters. The van der Waals surface area contributed by atoms with Crippen molar-refractivity contribution in [1.29, 1.82) is 0 Å². The van der Waals surface area contributed by atoms with Crippen molar-refractivity contribution in [3.8, 4) is 0 Å². The minimum absolute atomic E-state index is 0.147. The largest absolute Gasteiger partial charge is 0.347 e. The smallest absolute Gasteiger partial charge is 0.231 e. The molecule has 2 aromatic rings. The Kier molecular flexibility index (Phi) is 4.26. The molecule has 0 radical (unpaired) electrons. The molecule has 0 saturated carbocycles. The first kappa shape index (κ1) is 14.5. The zero-order valence-electron chi connectivity index (χ0n) is 12.1. The van der Waals surface area contributed by atoms with E-state index in [4.69, 9.17) is 11.6 Å². The van der Waals surface area contributed by atoms with Crippen LogP contribution >= 0.6 is 22.9 Å². The highest BCUT2D eigenvalue weighted by Crippen LogP contribution is 2.26. The average Bonchev–Trinajstić information content (AvgIpc) is 3.08. The van der Waals surface area contributed by atoms with E-state index >= 15 is 0 Å². The molecule has 112 valence electrons. The van der Waals surface area contributed by atoms with E-state index in [2.05, 4.69) is 51.1 Å². The molecule has 7 heteroatoms. The van der Waals surface area contributed by atoms with Crippen molar-refractivity contribution in [3.05, 3.63) is 27.2 Å². The Morgan fingerprint density at radius 3 is 2.67 bits per heavy atom. The second kappa shape index (κ2) is 6.15. The number of aryl methyl sites for hydroxylation is 1. The average molecular weight is 324 g/mol. The predicted molar refractivity (Wildman–Crippen MR) is 87.4 cm³/mol. The van der Waals surface area contributed by atoms with Gasteiger partial charge in [0, 0.05) is 22.8 Å².